The van der Waals surface area contributed by atoms with Crippen LogP contribution in [0, 0.1) is 0 Å². The van der Waals surface area contributed by atoms with Crippen LogP contribution in [0.3, 0.4) is 0 Å². The number of carbonyl (C=O) groups is 1. The van der Waals surface area contributed by atoms with E-state index >= 15 is 0 Å². The van der Waals surface area contributed by atoms with Crippen LogP contribution in [0.2, 0.25) is 0 Å². The molecule has 0 aliphatic rings. The molecule has 0 bridgehead atoms. The van der Waals surface area contributed by atoms with E-state index in [2.05, 4.69) is 10.1 Å². The summed E-state index contributed by atoms with van der Waals surface area (Å²) < 4.78 is 10.0. The van der Waals surface area contributed by atoms with E-state index in [1.807, 2.05) is 13.2 Å². The minimum atomic E-state index is -0.442. The molecule has 1 heterocycles. The molecule has 0 fully saturated rings. The maximum Gasteiger partial charge on any atom is 0.318 e. The summed E-state index contributed by atoms with van der Waals surface area (Å²) in [6.07, 6.45) is 2.55. The molecule has 0 aliphatic heterocycles. The highest BCUT2D eigenvalue weighted by Crippen LogP contribution is 2.20. The lowest BCUT2D eigenvalue weighted by Crippen LogP contribution is -2.15. The molecule has 1 rings (SSSR count). The molecule has 0 N–H and O–H groups in total. The predicted molar refractivity (Wildman–Crippen MR) is 61.2 cm³/mol. The molecular weight excluding hydrogens is 228 g/mol. The van der Waals surface area contributed by atoms with Crippen molar-refractivity contribution in [2.45, 2.75) is 31.9 Å². The number of esters is 1. The molecule has 1 aromatic heterocycles. The highest BCUT2D eigenvalue weighted by atomic mass is 32.2. The number of nitrogens with zero attached hydrogens (tertiary/aromatic N) is 2. The van der Waals surface area contributed by atoms with Crippen molar-refractivity contribution < 1.29 is 14.1 Å². The lowest BCUT2D eigenvalue weighted by Gasteiger charge is -2.08. The predicted octanol–water partition coefficient (Wildman–Crippen LogP) is 1.99. The zero-order chi connectivity index (χ0) is 12.0. The van der Waals surface area contributed by atoms with Crippen LogP contribution in [-0.2, 0) is 15.3 Å². The SMILES string of the molecule is CCOC(=O)C(CC)c1nc(CSC)no1. The fourth-order valence-electron chi connectivity index (χ4n) is 1.28. The second-order valence-corrected chi connectivity index (χ2v) is 4.06. The molecule has 0 spiro atoms. The van der Waals surface area contributed by atoms with Gasteiger partial charge >= 0.3 is 5.97 Å². The number of ether oxygens (including phenoxy) is 1. The maximum absolute atomic E-state index is 11.6. The van der Waals surface area contributed by atoms with E-state index in [0.29, 0.717) is 30.5 Å². The minimum absolute atomic E-state index is 0.302. The molecule has 6 heteroatoms. The van der Waals surface area contributed by atoms with Crippen molar-refractivity contribution in [2.75, 3.05) is 12.9 Å². The zero-order valence-corrected chi connectivity index (χ0v) is 10.5. The smallest absolute Gasteiger partial charge is 0.318 e. The van der Waals surface area contributed by atoms with Gasteiger partial charge in [-0.1, -0.05) is 12.1 Å². The molecule has 0 radical (unpaired) electrons. The Bertz CT molecular complexity index is 341. The quantitative estimate of drug-likeness (QED) is 0.713. The Kier molecular flexibility index (Phi) is 5.31. The Morgan fingerprint density at radius 3 is 2.88 bits per heavy atom. The van der Waals surface area contributed by atoms with Gasteiger partial charge in [-0.2, -0.15) is 16.7 Å². The van der Waals surface area contributed by atoms with Crippen LogP contribution in [0.15, 0.2) is 4.52 Å². The third-order valence-electron chi connectivity index (χ3n) is 2.03. The number of hydrogen-bond acceptors (Lipinski definition) is 6. The van der Waals surface area contributed by atoms with Gasteiger partial charge in [0.05, 0.1) is 12.4 Å². The second kappa shape index (κ2) is 6.52. The van der Waals surface area contributed by atoms with Crippen molar-refractivity contribution in [3.8, 4) is 0 Å². The Morgan fingerprint density at radius 1 is 1.56 bits per heavy atom. The Labute approximate surface area is 98.9 Å². The standard InChI is InChI=1S/C10H16N2O3S/c1-4-7(10(13)14-5-2)9-11-8(6-16-3)12-15-9/h7H,4-6H2,1-3H3. The van der Waals surface area contributed by atoms with Gasteiger partial charge in [-0.3, -0.25) is 4.79 Å². The summed E-state index contributed by atoms with van der Waals surface area (Å²) in [5.74, 6) is 0.908. The zero-order valence-electron chi connectivity index (χ0n) is 9.73. The van der Waals surface area contributed by atoms with Gasteiger partial charge in [-0.05, 0) is 19.6 Å². The normalized spacial score (nSPS) is 12.4. The Hall–Kier alpha value is -1.04. The van der Waals surface area contributed by atoms with Gasteiger partial charge in [-0.25, -0.2) is 0 Å². The van der Waals surface area contributed by atoms with Crippen LogP contribution < -0.4 is 0 Å². The monoisotopic (exact) mass is 244 g/mol. The van der Waals surface area contributed by atoms with Crippen molar-refractivity contribution in [2.24, 2.45) is 0 Å². The average molecular weight is 244 g/mol. The van der Waals surface area contributed by atoms with Gasteiger partial charge in [0.2, 0.25) is 5.89 Å². The van der Waals surface area contributed by atoms with Gasteiger partial charge in [0.15, 0.2) is 5.82 Å². The molecule has 1 aromatic rings. The number of hydrogen-bond donors (Lipinski definition) is 0. The largest absolute Gasteiger partial charge is 0.465 e. The van der Waals surface area contributed by atoms with Crippen LogP contribution in [0.1, 0.15) is 37.9 Å². The summed E-state index contributed by atoms with van der Waals surface area (Å²) in [7, 11) is 0. The first-order valence-corrected chi connectivity index (χ1v) is 6.60. The second-order valence-electron chi connectivity index (χ2n) is 3.19. The Balaban J connectivity index is 2.74. The molecule has 90 valence electrons. The topological polar surface area (TPSA) is 65.2 Å². The summed E-state index contributed by atoms with van der Waals surface area (Å²) >= 11 is 1.60. The molecule has 5 nitrogen and oxygen atoms in total. The van der Waals surface area contributed by atoms with E-state index in [9.17, 15) is 4.79 Å². The van der Waals surface area contributed by atoms with Gasteiger partial charge in [0, 0.05) is 0 Å². The molecule has 1 atom stereocenters. The molecule has 0 aliphatic carbocycles. The van der Waals surface area contributed by atoms with E-state index in [-0.39, 0.29) is 5.97 Å². The van der Waals surface area contributed by atoms with Gasteiger partial charge in [0.1, 0.15) is 5.92 Å². The van der Waals surface area contributed by atoms with Crippen LogP contribution in [-0.4, -0.2) is 29.0 Å². The lowest BCUT2D eigenvalue weighted by atomic mass is 10.1. The fourth-order valence-corrected chi connectivity index (χ4v) is 1.66. The van der Waals surface area contributed by atoms with Crippen molar-refractivity contribution in [1.29, 1.82) is 0 Å². The molecule has 1 unspecified atom stereocenters. The Morgan fingerprint density at radius 2 is 2.31 bits per heavy atom. The van der Waals surface area contributed by atoms with Crippen molar-refractivity contribution in [3.05, 3.63) is 11.7 Å². The first kappa shape index (κ1) is 13.0. The first-order chi connectivity index (χ1) is 7.72. The average Bonchev–Trinajstić information content (AvgIpc) is 2.68. The van der Waals surface area contributed by atoms with E-state index < -0.39 is 5.92 Å². The number of aromatic nitrogens is 2. The molecule has 0 saturated carbocycles. The fraction of sp³-hybridized carbons (Fsp3) is 0.700. The number of thioether (sulfide) groups is 1. The molecular formula is C10H16N2O3S. The summed E-state index contributed by atoms with van der Waals surface area (Å²) in [5.41, 5.74) is 0. The highest BCUT2D eigenvalue weighted by molar-refractivity contribution is 7.97. The number of rotatable bonds is 6. The lowest BCUT2D eigenvalue weighted by molar-refractivity contribution is -0.145. The van der Waals surface area contributed by atoms with Crippen LogP contribution in [0.25, 0.3) is 0 Å². The summed E-state index contributed by atoms with van der Waals surface area (Å²) in [6, 6.07) is 0. The number of carbonyl (C=O) groups excluding carboxylic acids is 1. The molecule has 0 aromatic carbocycles. The third kappa shape index (κ3) is 3.23. The van der Waals surface area contributed by atoms with E-state index in [4.69, 9.17) is 9.26 Å². The highest BCUT2D eigenvalue weighted by Gasteiger charge is 2.26. The third-order valence-corrected chi connectivity index (χ3v) is 2.58. The van der Waals surface area contributed by atoms with Crippen LogP contribution >= 0.6 is 11.8 Å². The van der Waals surface area contributed by atoms with Crippen LogP contribution in [0.5, 0.6) is 0 Å². The van der Waals surface area contributed by atoms with E-state index in [0.717, 1.165) is 0 Å². The minimum Gasteiger partial charge on any atom is -0.465 e. The van der Waals surface area contributed by atoms with Crippen LogP contribution in [0.4, 0.5) is 0 Å². The van der Waals surface area contributed by atoms with E-state index in [1.54, 1.807) is 18.7 Å². The van der Waals surface area contributed by atoms with Gasteiger partial charge in [0.25, 0.3) is 0 Å². The summed E-state index contributed by atoms with van der Waals surface area (Å²) in [6.45, 7) is 4.03. The first-order valence-electron chi connectivity index (χ1n) is 5.20. The van der Waals surface area contributed by atoms with Crippen molar-refractivity contribution >= 4 is 17.7 Å². The van der Waals surface area contributed by atoms with E-state index in [1.165, 1.54) is 0 Å². The van der Waals surface area contributed by atoms with Crippen molar-refractivity contribution in [1.82, 2.24) is 10.1 Å². The van der Waals surface area contributed by atoms with Gasteiger partial charge in [-0.15, -0.1) is 0 Å². The maximum atomic E-state index is 11.6. The molecule has 16 heavy (non-hydrogen) atoms. The van der Waals surface area contributed by atoms with Gasteiger partial charge < -0.3 is 9.26 Å². The summed E-state index contributed by atoms with van der Waals surface area (Å²) in [4.78, 5) is 15.8. The summed E-state index contributed by atoms with van der Waals surface area (Å²) in [5, 5.41) is 3.80. The van der Waals surface area contributed by atoms with Crippen molar-refractivity contribution in [3.63, 3.8) is 0 Å². The molecule has 0 saturated heterocycles. The molecule has 0 amide bonds.